The van der Waals surface area contributed by atoms with Gasteiger partial charge < -0.3 is 10.2 Å². The number of amides is 2. The van der Waals surface area contributed by atoms with Gasteiger partial charge in [0.15, 0.2) is 0 Å². The second-order valence-corrected chi connectivity index (χ2v) is 6.21. The van der Waals surface area contributed by atoms with E-state index in [1.54, 1.807) is 11.8 Å². The number of carbonyl (C=O) groups excluding carboxylic acids is 2. The zero-order valence-electron chi connectivity index (χ0n) is 11.3. The molecule has 1 aliphatic heterocycles. The van der Waals surface area contributed by atoms with Crippen molar-refractivity contribution in [2.24, 2.45) is 5.92 Å². The molecule has 3 atom stereocenters. The normalized spacial score (nSPS) is 30.3. The molecule has 1 saturated heterocycles. The van der Waals surface area contributed by atoms with Crippen molar-refractivity contribution in [3.05, 3.63) is 0 Å². The standard InChI is InChI=1S/C13H22N2O2S/c1-4-10-12(16)14-11(9-5-6-9)13(17)15(10)8(2)7-18-3/h8-11H,4-7H2,1-3H3,(H,14,16). The molecule has 102 valence electrons. The first kappa shape index (κ1) is 13.7. The van der Waals surface area contributed by atoms with Gasteiger partial charge in [-0.25, -0.2) is 0 Å². The molecule has 1 aliphatic carbocycles. The van der Waals surface area contributed by atoms with Gasteiger partial charge in [-0.3, -0.25) is 9.59 Å². The van der Waals surface area contributed by atoms with Crippen LogP contribution in [0.4, 0.5) is 0 Å². The third kappa shape index (κ3) is 2.51. The summed E-state index contributed by atoms with van der Waals surface area (Å²) in [6.45, 7) is 4.01. The minimum Gasteiger partial charge on any atom is -0.342 e. The Labute approximate surface area is 113 Å². The first-order valence-electron chi connectivity index (χ1n) is 6.71. The third-order valence-corrected chi connectivity index (χ3v) is 4.64. The Kier molecular flexibility index (Phi) is 4.20. The Hall–Kier alpha value is -0.710. The molecule has 3 unspecified atom stereocenters. The van der Waals surface area contributed by atoms with Crippen molar-refractivity contribution in [1.82, 2.24) is 10.2 Å². The molecule has 1 heterocycles. The van der Waals surface area contributed by atoms with Crippen LogP contribution in [-0.2, 0) is 9.59 Å². The Balaban J connectivity index is 2.18. The molecule has 0 aromatic heterocycles. The SMILES string of the molecule is CCC1C(=O)NC(C2CC2)C(=O)N1C(C)CSC. The van der Waals surface area contributed by atoms with Crippen molar-refractivity contribution < 1.29 is 9.59 Å². The summed E-state index contributed by atoms with van der Waals surface area (Å²) in [7, 11) is 0. The summed E-state index contributed by atoms with van der Waals surface area (Å²) >= 11 is 1.72. The summed E-state index contributed by atoms with van der Waals surface area (Å²) in [5.74, 6) is 1.42. The van der Waals surface area contributed by atoms with Gasteiger partial charge >= 0.3 is 0 Å². The number of thioether (sulfide) groups is 1. The molecular formula is C13H22N2O2S. The Bertz CT molecular complexity index is 344. The van der Waals surface area contributed by atoms with Crippen molar-refractivity contribution in [3.8, 4) is 0 Å². The maximum absolute atomic E-state index is 12.5. The first-order chi connectivity index (χ1) is 8.60. The van der Waals surface area contributed by atoms with E-state index in [4.69, 9.17) is 0 Å². The summed E-state index contributed by atoms with van der Waals surface area (Å²) in [6.07, 6.45) is 4.86. The van der Waals surface area contributed by atoms with Gasteiger partial charge in [0.2, 0.25) is 11.8 Å². The van der Waals surface area contributed by atoms with Gasteiger partial charge in [-0.1, -0.05) is 6.92 Å². The van der Waals surface area contributed by atoms with E-state index in [0.29, 0.717) is 12.3 Å². The lowest BCUT2D eigenvalue weighted by atomic mass is 10.0. The number of hydrogen-bond acceptors (Lipinski definition) is 3. The number of piperazine rings is 1. The molecule has 1 N–H and O–H groups in total. The van der Waals surface area contributed by atoms with E-state index in [-0.39, 0.29) is 29.9 Å². The lowest BCUT2D eigenvalue weighted by molar-refractivity contribution is -0.152. The summed E-state index contributed by atoms with van der Waals surface area (Å²) < 4.78 is 0. The number of hydrogen-bond donors (Lipinski definition) is 1. The molecular weight excluding hydrogens is 248 g/mol. The van der Waals surface area contributed by atoms with Crippen LogP contribution in [-0.4, -0.2) is 46.8 Å². The average molecular weight is 270 g/mol. The van der Waals surface area contributed by atoms with Gasteiger partial charge in [-0.05, 0) is 38.4 Å². The van der Waals surface area contributed by atoms with Crippen LogP contribution in [0.3, 0.4) is 0 Å². The highest BCUT2D eigenvalue weighted by Crippen LogP contribution is 2.35. The number of rotatable bonds is 5. The van der Waals surface area contributed by atoms with Gasteiger partial charge in [0.1, 0.15) is 12.1 Å². The minimum atomic E-state index is -0.283. The first-order valence-corrected chi connectivity index (χ1v) is 8.11. The van der Waals surface area contributed by atoms with Crippen molar-refractivity contribution >= 4 is 23.6 Å². The average Bonchev–Trinajstić information content (AvgIpc) is 3.15. The van der Waals surface area contributed by atoms with Crippen LogP contribution >= 0.6 is 11.8 Å². The number of nitrogens with zero attached hydrogens (tertiary/aromatic N) is 1. The molecule has 4 nitrogen and oxygen atoms in total. The quantitative estimate of drug-likeness (QED) is 0.818. The predicted octanol–water partition coefficient (Wildman–Crippen LogP) is 1.25. The highest BCUT2D eigenvalue weighted by atomic mass is 32.2. The van der Waals surface area contributed by atoms with Crippen molar-refractivity contribution in [1.29, 1.82) is 0 Å². The molecule has 2 amide bonds. The largest absolute Gasteiger partial charge is 0.342 e. The topological polar surface area (TPSA) is 49.4 Å². The van der Waals surface area contributed by atoms with E-state index in [9.17, 15) is 9.59 Å². The predicted molar refractivity (Wildman–Crippen MR) is 73.4 cm³/mol. The van der Waals surface area contributed by atoms with E-state index >= 15 is 0 Å². The van der Waals surface area contributed by atoms with Gasteiger partial charge in [-0.15, -0.1) is 0 Å². The zero-order valence-corrected chi connectivity index (χ0v) is 12.1. The lowest BCUT2D eigenvalue weighted by Crippen LogP contribution is -2.66. The lowest BCUT2D eigenvalue weighted by Gasteiger charge is -2.42. The molecule has 18 heavy (non-hydrogen) atoms. The second-order valence-electron chi connectivity index (χ2n) is 5.30. The van der Waals surface area contributed by atoms with Crippen LogP contribution in [0.1, 0.15) is 33.1 Å². The fourth-order valence-corrected chi connectivity index (χ4v) is 3.37. The van der Waals surface area contributed by atoms with Crippen LogP contribution in [0.2, 0.25) is 0 Å². The highest BCUT2D eigenvalue weighted by molar-refractivity contribution is 7.98. The van der Waals surface area contributed by atoms with Crippen molar-refractivity contribution in [2.45, 2.75) is 51.2 Å². The second kappa shape index (κ2) is 5.51. The molecule has 5 heteroatoms. The van der Waals surface area contributed by atoms with Crippen LogP contribution in [0, 0.1) is 5.92 Å². The van der Waals surface area contributed by atoms with E-state index in [0.717, 1.165) is 18.6 Å². The number of nitrogens with one attached hydrogen (secondary N) is 1. The molecule has 0 aromatic rings. The van der Waals surface area contributed by atoms with Crippen molar-refractivity contribution in [3.63, 3.8) is 0 Å². The molecule has 2 fully saturated rings. The zero-order chi connectivity index (χ0) is 13.3. The molecule has 0 radical (unpaired) electrons. The van der Waals surface area contributed by atoms with Crippen molar-refractivity contribution in [2.75, 3.05) is 12.0 Å². The third-order valence-electron chi connectivity index (χ3n) is 3.82. The van der Waals surface area contributed by atoms with Gasteiger partial charge in [0, 0.05) is 11.8 Å². The summed E-state index contributed by atoms with van der Waals surface area (Å²) in [6, 6.07) is -0.413. The monoisotopic (exact) mass is 270 g/mol. The van der Waals surface area contributed by atoms with Gasteiger partial charge in [0.25, 0.3) is 0 Å². The summed E-state index contributed by atoms with van der Waals surface area (Å²) in [5, 5.41) is 2.92. The van der Waals surface area contributed by atoms with E-state index in [1.165, 1.54) is 0 Å². The fraction of sp³-hybridized carbons (Fsp3) is 0.846. The Morgan fingerprint density at radius 2 is 2.11 bits per heavy atom. The summed E-state index contributed by atoms with van der Waals surface area (Å²) in [4.78, 5) is 26.5. The summed E-state index contributed by atoms with van der Waals surface area (Å²) in [5.41, 5.74) is 0. The Morgan fingerprint density at radius 1 is 1.44 bits per heavy atom. The van der Waals surface area contributed by atoms with Crippen LogP contribution in [0.5, 0.6) is 0 Å². The molecule has 0 bridgehead atoms. The maximum atomic E-state index is 12.5. The van der Waals surface area contributed by atoms with E-state index < -0.39 is 0 Å². The minimum absolute atomic E-state index is 0.0296. The van der Waals surface area contributed by atoms with E-state index in [2.05, 4.69) is 5.32 Å². The number of carbonyl (C=O) groups is 2. The highest BCUT2D eigenvalue weighted by Gasteiger charge is 2.47. The van der Waals surface area contributed by atoms with E-state index in [1.807, 2.05) is 25.0 Å². The fourth-order valence-electron chi connectivity index (χ4n) is 2.73. The van der Waals surface area contributed by atoms with Crippen LogP contribution < -0.4 is 5.32 Å². The Morgan fingerprint density at radius 3 is 2.61 bits per heavy atom. The van der Waals surface area contributed by atoms with Gasteiger partial charge in [0.05, 0.1) is 0 Å². The molecule has 1 saturated carbocycles. The molecule has 0 spiro atoms. The maximum Gasteiger partial charge on any atom is 0.246 e. The molecule has 2 aliphatic rings. The smallest absolute Gasteiger partial charge is 0.246 e. The van der Waals surface area contributed by atoms with Crippen LogP contribution in [0.15, 0.2) is 0 Å². The van der Waals surface area contributed by atoms with Crippen LogP contribution in [0.25, 0.3) is 0 Å². The molecule has 0 aromatic carbocycles. The molecule has 2 rings (SSSR count). The van der Waals surface area contributed by atoms with Gasteiger partial charge in [-0.2, -0.15) is 11.8 Å².